The van der Waals surface area contributed by atoms with Gasteiger partial charge in [0.25, 0.3) is 0 Å². The summed E-state index contributed by atoms with van der Waals surface area (Å²) < 4.78 is 6.96. The molecule has 1 fully saturated rings. The fraction of sp³-hybridized carbons (Fsp3) is 0.381. The molecule has 1 N–H and O–H groups in total. The molecule has 3 rings (SSSR count). The third-order valence-corrected chi connectivity index (χ3v) is 4.68. The highest BCUT2D eigenvalue weighted by Gasteiger charge is 2.47. The number of amides is 5. The number of nitrogens with zero attached hydrogens (tertiary/aromatic N) is 4. The summed E-state index contributed by atoms with van der Waals surface area (Å²) in [4.78, 5) is 51.6. The number of carbonyl (C=O) groups excluding carboxylic acids is 4. The Bertz CT molecular complexity index is 1050. The van der Waals surface area contributed by atoms with Crippen molar-refractivity contribution >= 4 is 35.3 Å². The number of carbonyl (C=O) groups is 4. The van der Waals surface area contributed by atoms with Gasteiger partial charge in [0, 0.05) is 18.5 Å². The third kappa shape index (κ3) is 4.27. The summed E-state index contributed by atoms with van der Waals surface area (Å²) >= 11 is 0. The lowest BCUT2D eigenvalue weighted by atomic mass is 9.92. The molecule has 1 aliphatic rings. The maximum Gasteiger partial charge on any atom is 0.339 e. The van der Waals surface area contributed by atoms with Crippen LogP contribution in [0.3, 0.4) is 0 Å². The van der Waals surface area contributed by atoms with Gasteiger partial charge in [-0.15, -0.1) is 0 Å². The van der Waals surface area contributed by atoms with Gasteiger partial charge in [0.05, 0.1) is 18.0 Å². The number of urea groups is 1. The van der Waals surface area contributed by atoms with E-state index < -0.39 is 30.3 Å². The molecule has 1 aliphatic heterocycles. The minimum Gasteiger partial charge on any atom is -0.492 e. The Morgan fingerprint density at radius 3 is 2.42 bits per heavy atom. The second-order valence-electron chi connectivity index (χ2n) is 8.05. The first kappa shape index (κ1) is 22.0. The molecular formula is C21H25N5O5. The number of aryl methyl sites for hydroxylation is 1. The van der Waals surface area contributed by atoms with Crippen LogP contribution in [0.2, 0.25) is 0 Å². The molecule has 0 saturated carbocycles. The molecule has 31 heavy (non-hydrogen) atoms. The van der Waals surface area contributed by atoms with Crippen LogP contribution in [0.15, 0.2) is 30.3 Å². The largest absolute Gasteiger partial charge is 0.492 e. The van der Waals surface area contributed by atoms with E-state index in [1.54, 1.807) is 38.2 Å². The second-order valence-corrected chi connectivity index (χ2v) is 8.05. The Balaban J connectivity index is 1.78. The molecule has 0 spiro atoms. The predicted octanol–water partition coefficient (Wildman–Crippen LogP) is 2.05. The van der Waals surface area contributed by atoms with E-state index in [-0.39, 0.29) is 16.9 Å². The first-order chi connectivity index (χ1) is 14.5. The Kier molecular flexibility index (Phi) is 5.83. The summed E-state index contributed by atoms with van der Waals surface area (Å²) in [5.41, 5.74) is 0.701. The predicted molar refractivity (Wildman–Crippen MR) is 113 cm³/mol. The van der Waals surface area contributed by atoms with Crippen LogP contribution >= 0.6 is 0 Å². The minimum absolute atomic E-state index is 0.150. The van der Waals surface area contributed by atoms with Gasteiger partial charge in [0.15, 0.2) is 0 Å². The second kappa shape index (κ2) is 8.21. The van der Waals surface area contributed by atoms with Crippen LogP contribution in [-0.4, -0.2) is 51.6 Å². The van der Waals surface area contributed by atoms with E-state index in [9.17, 15) is 19.2 Å². The molecule has 0 atom stereocenters. The van der Waals surface area contributed by atoms with Crippen LogP contribution in [0.25, 0.3) is 0 Å². The summed E-state index contributed by atoms with van der Waals surface area (Å²) in [5, 5.41) is 7.00. The van der Waals surface area contributed by atoms with Gasteiger partial charge in [-0.25, -0.2) is 14.6 Å². The van der Waals surface area contributed by atoms with Gasteiger partial charge in [0.1, 0.15) is 18.1 Å². The molecule has 5 amide bonds. The maximum atomic E-state index is 12.8. The van der Waals surface area contributed by atoms with Crippen molar-refractivity contribution in [2.45, 2.75) is 33.1 Å². The number of hydrogen-bond donors (Lipinski definition) is 1. The van der Waals surface area contributed by atoms with Gasteiger partial charge in [-0.05, 0) is 19.1 Å². The average Bonchev–Trinajstić information content (AvgIpc) is 3.16. The number of benzene rings is 1. The third-order valence-electron chi connectivity index (χ3n) is 4.68. The molecular weight excluding hydrogens is 402 g/mol. The van der Waals surface area contributed by atoms with Gasteiger partial charge in [-0.1, -0.05) is 32.9 Å². The standard InChI is InChI=1S/C21H25N5O5/c1-6-31-14-10-8-7-9-13(14)26-19(29)18(28)25(20(26)30)12-17(27)22-16-11-15(21(2,3)4)23-24(16)5/h7-11H,6,12H2,1-5H3,(H,22,27). The van der Waals surface area contributed by atoms with Crippen LogP contribution in [-0.2, 0) is 26.8 Å². The smallest absolute Gasteiger partial charge is 0.339 e. The lowest BCUT2D eigenvalue weighted by molar-refractivity contribution is -0.140. The topological polar surface area (TPSA) is 114 Å². The number of imide groups is 2. The fourth-order valence-electron chi connectivity index (χ4n) is 3.05. The zero-order valence-corrected chi connectivity index (χ0v) is 18.1. The summed E-state index contributed by atoms with van der Waals surface area (Å²) in [7, 11) is 1.67. The normalized spacial score (nSPS) is 14.4. The number of hydrogen-bond acceptors (Lipinski definition) is 6. The molecule has 1 aromatic carbocycles. The highest BCUT2D eigenvalue weighted by Crippen LogP contribution is 2.31. The van der Waals surface area contributed by atoms with Gasteiger partial charge in [0.2, 0.25) is 5.91 Å². The molecule has 0 radical (unpaired) electrons. The van der Waals surface area contributed by atoms with Crippen LogP contribution in [0.5, 0.6) is 5.75 Å². The van der Waals surface area contributed by atoms with E-state index in [0.29, 0.717) is 17.3 Å². The van der Waals surface area contributed by atoms with Crippen molar-refractivity contribution in [1.29, 1.82) is 0 Å². The van der Waals surface area contributed by atoms with E-state index in [1.807, 2.05) is 20.8 Å². The molecule has 0 bridgehead atoms. The monoisotopic (exact) mass is 427 g/mol. The Labute approximate surface area is 179 Å². The van der Waals surface area contributed by atoms with Crippen LogP contribution in [0, 0.1) is 0 Å². The Morgan fingerprint density at radius 2 is 1.81 bits per heavy atom. The lowest BCUT2D eigenvalue weighted by Gasteiger charge is -2.18. The average molecular weight is 427 g/mol. The molecule has 2 aromatic rings. The van der Waals surface area contributed by atoms with E-state index >= 15 is 0 Å². The molecule has 0 unspecified atom stereocenters. The van der Waals surface area contributed by atoms with E-state index in [2.05, 4.69) is 10.4 Å². The summed E-state index contributed by atoms with van der Waals surface area (Å²) in [6, 6.07) is 7.22. The molecule has 0 aliphatic carbocycles. The molecule has 10 heteroatoms. The van der Waals surface area contributed by atoms with Crippen molar-refractivity contribution in [3.8, 4) is 5.75 Å². The molecule has 1 saturated heterocycles. The quantitative estimate of drug-likeness (QED) is 0.558. The fourth-order valence-corrected chi connectivity index (χ4v) is 3.05. The molecule has 1 aromatic heterocycles. The zero-order chi connectivity index (χ0) is 22.9. The van der Waals surface area contributed by atoms with E-state index in [0.717, 1.165) is 10.6 Å². The van der Waals surface area contributed by atoms with Crippen LogP contribution in [0.4, 0.5) is 16.3 Å². The number of aromatic nitrogens is 2. The van der Waals surface area contributed by atoms with Crippen LogP contribution in [0.1, 0.15) is 33.4 Å². The first-order valence-corrected chi connectivity index (χ1v) is 9.80. The van der Waals surface area contributed by atoms with E-state index in [1.165, 1.54) is 10.7 Å². The zero-order valence-electron chi connectivity index (χ0n) is 18.1. The number of anilines is 2. The van der Waals surface area contributed by atoms with Crippen molar-refractivity contribution in [3.63, 3.8) is 0 Å². The number of nitrogens with one attached hydrogen (secondary N) is 1. The van der Waals surface area contributed by atoms with Gasteiger partial charge in [-0.2, -0.15) is 5.10 Å². The molecule has 164 valence electrons. The number of ether oxygens (including phenoxy) is 1. The van der Waals surface area contributed by atoms with Crippen molar-refractivity contribution < 1.29 is 23.9 Å². The maximum absolute atomic E-state index is 12.8. The summed E-state index contributed by atoms with van der Waals surface area (Å²) in [6.07, 6.45) is 0. The SMILES string of the molecule is CCOc1ccccc1N1C(=O)C(=O)N(CC(=O)Nc2cc(C(C)(C)C)nn2C)C1=O. The van der Waals surface area contributed by atoms with Gasteiger partial charge in [-0.3, -0.25) is 19.1 Å². The van der Waals surface area contributed by atoms with Crippen molar-refractivity contribution in [2.75, 3.05) is 23.4 Å². The minimum atomic E-state index is -1.08. The summed E-state index contributed by atoms with van der Waals surface area (Å²) in [6.45, 7) is 7.44. The Hall–Kier alpha value is -3.69. The number of rotatable bonds is 6. The Morgan fingerprint density at radius 1 is 1.13 bits per heavy atom. The van der Waals surface area contributed by atoms with Crippen molar-refractivity contribution in [3.05, 3.63) is 36.0 Å². The van der Waals surface area contributed by atoms with Gasteiger partial charge < -0.3 is 10.1 Å². The van der Waals surface area contributed by atoms with E-state index in [4.69, 9.17) is 4.74 Å². The number of para-hydroxylation sites is 2. The van der Waals surface area contributed by atoms with Crippen molar-refractivity contribution in [1.82, 2.24) is 14.7 Å². The first-order valence-electron chi connectivity index (χ1n) is 9.80. The lowest BCUT2D eigenvalue weighted by Crippen LogP contribution is -2.39. The van der Waals surface area contributed by atoms with Gasteiger partial charge >= 0.3 is 17.8 Å². The molecule has 2 heterocycles. The highest BCUT2D eigenvalue weighted by atomic mass is 16.5. The van der Waals surface area contributed by atoms with Crippen LogP contribution < -0.4 is 15.0 Å². The highest BCUT2D eigenvalue weighted by molar-refractivity contribution is 6.53. The summed E-state index contributed by atoms with van der Waals surface area (Å²) in [5.74, 6) is -2.04. The molecule has 10 nitrogen and oxygen atoms in total. The van der Waals surface area contributed by atoms with Crippen molar-refractivity contribution in [2.24, 2.45) is 7.05 Å².